The number of piperidine rings is 1. The topological polar surface area (TPSA) is 25.4 Å². The summed E-state index contributed by atoms with van der Waals surface area (Å²) in [5.41, 5.74) is 1.06. The van der Waals surface area contributed by atoms with Crippen molar-refractivity contribution in [3.63, 3.8) is 0 Å². The van der Waals surface area contributed by atoms with E-state index in [1.807, 2.05) is 36.5 Å². The maximum absolute atomic E-state index is 6.02. The highest BCUT2D eigenvalue weighted by molar-refractivity contribution is 6.42. The molecule has 1 aliphatic rings. The number of aromatic nitrogens is 1. The molecule has 1 aliphatic heterocycles. The first kappa shape index (κ1) is 15.6. The zero-order valence-electron chi connectivity index (χ0n) is 12.2. The Hall–Kier alpha value is -1.29. The molecule has 1 fully saturated rings. The fraction of sp³-hybridized carbons (Fsp3) is 0.353. The van der Waals surface area contributed by atoms with Crippen molar-refractivity contribution in [3.8, 4) is 0 Å². The average molecular weight is 337 g/mol. The molecule has 2 aromatic rings. The van der Waals surface area contributed by atoms with E-state index in [1.165, 1.54) is 0 Å². The first-order valence-electron chi connectivity index (χ1n) is 7.44. The molecule has 0 radical (unpaired) electrons. The van der Waals surface area contributed by atoms with Gasteiger partial charge in [-0.15, -0.1) is 0 Å². The summed E-state index contributed by atoms with van der Waals surface area (Å²) in [6.07, 6.45) is 4.15. The lowest BCUT2D eigenvalue weighted by Gasteiger charge is -2.32. The Morgan fingerprint density at radius 2 is 1.91 bits per heavy atom. The first-order valence-corrected chi connectivity index (χ1v) is 8.19. The highest BCUT2D eigenvalue weighted by atomic mass is 35.5. The molecule has 0 unspecified atom stereocenters. The molecular formula is C17H18Cl2N2O. The Morgan fingerprint density at radius 3 is 2.59 bits per heavy atom. The van der Waals surface area contributed by atoms with Gasteiger partial charge in [0.1, 0.15) is 5.82 Å². The van der Waals surface area contributed by atoms with Crippen LogP contribution in [0.5, 0.6) is 0 Å². The molecule has 0 N–H and O–H groups in total. The van der Waals surface area contributed by atoms with Crippen LogP contribution in [0.1, 0.15) is 18.4 Å². The van der Waals surface area contributed by atoms with Gasteiger partial charge < -0.3 is 9.64 Å². The summed E-state index contributed by atoms with van der Waals surface area (Å²) in [5.74, 6) is 1.05. The van der Waals surface area contributed by atoms with Gasteiger partial charge in [-0.3, -0.25) is 0 Å². The number of hydrogen-bond donors (Lipinski definition) is 0. The minimum absolute atomic E-state index is 0.286. The van der Waals surface area contributed by atoms with Crippen molar-refractivity contribution in [3.05, 3.63) is 58.2 Å². The number of nitrogens with zero attached hydrogens (tertiary/aromatic N) is 2. The van der Waals surface area contributed by atoms with E-state index in [0.29, 0.717) is 16.7 Å². The Morgan fingerprint density at radius 1 is 1.09 bits per heavy atom. The van der Waals surface area contributed by atoms with Gasteiger partial charge in [-0.1, -0.05) is 35.3 Å². The molecule has 3 rings (SSSR count). The summed E-state index contributed by atoms with van der Waals surface area (Å²) in [5, 5.41) is 1.15. The number of rotatable bonds is 4. The number of anilines is 1. The summed E-state index contributed by atoms with van der Waals surface area (Å²) in [6, 6.07) is 11.7. The smallest absolute Gasteiger partial charge is 0.128 e. The van der Waals surface area contributed by atoms with E-state index in [0.717, 1.165) is 37.3 Å². The highest BCUT2D eigenvalue weighted by Crippen LogP contribution is 2.24. The number of halogens is 2. The summed E-state index contributed by atoms with van der Waals surface area (Å²) in [6.45, 7) is 2.53. The maximum atomic E-state index is 6.02. The van der Waals surface area contributed by atoms with E-state index in [4.69, 9.17) is 27.9 Å². The van der Waals surface area contributed by atoms with Crippen LogP contribution in [0.3, 0.4) is 0 Å². The van der Waals surface area contributed by atoms with Gasteiger partial charge >= 0.3 is 0 Å². The van der Waals surface area contributed by atoms with E-state index >= 15 is 0 Å². The predicted molar refractivity (Wildman–Crippen MR) is 90.7 cm³/mol. The SMILES string of the molecule is Clc1ccc(COC2CCN(c3ccccn3)CC2)cc1Cl. The third-order valence-electron chi connectivity index (χ3n) is 3.88. The number of pyridine rings is 1. The van der Waals surface area contributed by atoms with Gasteiger partial charge in [-0.05, 0) is 42.7 Å². The van der Waals surface area contributed by atoms with Gasteiger partial charge in [0.25, 0.3) is 0 Å². The summed E-state index contributed by atoms with van der Waals surface area (Å²) < 4.78 is 6.00. The van der Waals surface area contributed by atoms with Gasteiger partial charge in [0.05, 0.1) is 22.8 Å². The zero-order chi connectivity index (χ0) is 15.4. The molecule has 116 valence electrons. The molecule has 1 aromatic carbocycles. The molecule has 5 heteroatoms. The first-order chi connectivity index (χ1) is 10.7. The Kier molecular flexibility index (Phi) is 5.19. The fourth-order valence-corrected chi connectivity index (χ4v) is 2.96. The van der Waals surface area contributed by atoms with Gasteiger partial charge in [-0.25, -0.2) is 4.98 Å². The van der Waals surface area contributed by atoms with Crippen molar-refractivity contribution in [2.24, 2.45) is 0 Å². The van der Waals surface area contributed by atoms with Crippen molar-refractivity contribution in [2.75, 3.05) is 18.0 Å². The standard InChI is InChI=1S/C17H18Cl2N2O/c18-15-5-4-13(11-16(15)19)12-22-14-6-9-21(10-7-14)17-3-1-2-8-20-17/h1-5,8,11,14H,6-7,9-10,12H2. The molecule has 1 aromatic heterocycles. The Bertz CT molecular complexity index is 613. The van der Waals surface area contributed by atoms with Crippen molar-refractivity contribution in [1.82, 2.24) is 4.98 Å². The van der Waals surface area contributed by atoms with E-state index in [-0.39, 0.29) is 6.10 Å². The van der Waals surface area contributed by atoms with Gasteiger partial charge in [-0.2, -0.15) is 0 Å². The third kappa shape index (κ3) is 3.92. The molecule has 22 heavy (non-hydrogen) atoms. The molecule has 2 heterocycles. The Balaban J connectivity index is 1.49. The molecule has 0 atom stereocenters. The summed E-state index contributed by atoms with van der Waals surface area (Å²) >= 11 is 11.9. The quantitative estimate of drug-likeness (QED) is 0.817. The van der Waals surface area contributed by atoms with Crippen LogP contribution in [0.4, 0.5) is 5.82 Å². The van der Waals surface area contributed by atoms with Crippen LogP contribution < -0.4 is 4.90 Å². The van der Waals surface area contributed by atoms with Crippen molar-refractivity contribution in [2.45, 2.75) is 25.6 Å². The lowest BCUT2D eigenvalue weighted by Crippen LogP contribution is -2.37. The second-order valence-corrected chi connectivity index (χ2v) is 6.25. The fourth-order valence-electron chi connectivity index (χ4n) is 2.64. The van der Waals surface area contributed by atoms with Crippen molar-refractivity contribution in [1.29, 1.82) is 0 Å². The molecule has 1 saturated heterocycles. The van der Waals surface area contributed by atoms with E-state index in [9.17, 15) is 0 Å². The monoisotopic (exact) mass is 336 g/mol. The maximum Gasteiger partial charge on any atom is 0.128 e. The second-order valence-electron chi connectivity index (χ2n) is 5.43. The van der Waals surface area contributed by atoms with Gasteiger partial charge in [0.15, 0.2) is 0 Å². The van der Waals surface area contributed by atoms with Gasteiger partial charge in [0, 0.05) is 19.3 Å². The predicted octanol–water partition coefficient (Wildman–Crippen LogP) is 4.57. The number of ether oxygens (including phenoxy) is 1. The normalized spacial score (nSPS) is 16.0. The van der Waals surface area contributed by atoms with Crippen LogP contribution in [-0.2, 0) is 11.3 Å². The van der Waals surface area contributed by atoms with Gasteiger partial charge in [0.2, 0.25) is 0 Å². The second kappa shape index (κ2) is 7.32. The number of benzene rings is 1. The third-order valence-corrected chi connectivity index (χ3v) is 4.62. The van der Waals surface area contributed by atoms with Crippen LogP contribution in [-0.4, -0.2) is 24.2 Å². The zero-order valence-corrected chi connectivity index (χ0v) is 13.7. The summed E-state index contributed by atoms with van der Waals surface area (Å²) in [7, 11) is 0. The molecule has 0 saturated carbocycles. The molecule has 0 aliphatic carbocycles. The minimum atomic E-state index is 0.286. The highest BCUT2D eigenvalue weighted by Gasteiger charge is 2.20. The van der Waals surface area contributed by atoms with E-state index in [2.05, 4.69) is 16.0 Å². The lowest BCUT2D eigenvalue weighted by atomic mass is 10.1. The average Bonchev–Trinajstić information content (AvgIpc) is 2.57. The summed E-state index contributed by atoms with van der Waals surface area (Å²) in [4.78, 5) is 6.70. The van der Waals surface area contributed by atoms with Crippen LogP contribution in [0.15, 0.2) is 42.6 Å². The van der Waals surface area contributed by atoms with E-state index in [1.54, 1.807) is 0 Å². The Labute approximate surface area is 140 Å². The molecule has 3 nitrogen and oxygen atoms in total. The lowest BCUT2D eigenvalue weighted by molar-refractivity contribution is 0.0250. The van der Waals surface area contributed by atoms with Crippen LogP contribution >= 0.6 is 23.2 Å². The van der Waals surface area contributed by atoms with E-state index < -0.39 is 0 Å². The molecule has 0 bridgehead atoms. The van der Waals surface area contributed by atoms with Crippen LogP contribution in [0.25, 0.3) is 0 Å². The van der Waals surface area contributed by atoms with Crippen LogP contribution in [0.2, 0.25) is 10.0 Å². The number of hydrogen-bond acceptors (Lipinski definition) is 3. The van der Waals surface area contributed by atoms with Crippen LogP contribution in [0, 0.1) is 0 Å². The molecule has 0 amide bonds. The van der Waals surface area contributed by atoms with Crippen molar-refractivity contribution >= 4 is 29.0 Å². The minimum Gasteiger partial charge on any atom is -0.373 e. The largest absolute Gasteiger partial charge is 0.373 e. The molecule has 0 spiro atoms. The molecular weight excluding hydrogens is 319 g/mol. The van der Waals surface area contributed by atoms with Crippen molar-refractivity contribution < 1.29 is 4.74 Å².